The first kappa shape index (κ1) is 12.5. The predicted molar refractivity (Wildman–Crippen MR) is 60.3 cm³/mol. The van der Waals surface area contributed by atoms with E-state index in [2.05, 4.69) is 54.1 Å². The summed E-state index contributed by atoms with van der Waals surface area (Å²) in [5, 5.41) is 0. The van der Waals surface area contributed by atoms with Gasteiger partial charge >= 0.3 is 0 Å². The van der Waals surface area contributed by atoms with Crippen LogP contribution in [0.15, 0.2) is 24.3 Å². The van der Waals surface area contributed by atoms with Gasteiger partial charge in [0.1, 0.15) is 5.69 Å². The van der Waals surface area contributed by atoms with Crippen LogP contribution < -0.4 is 28.9 Å². The van der Waals surface area contributed by atoms with Gasteiger partial charge in [-0.15, -0.1) is 0 Å². The maximum atomic E-state index is 2.33. The molecule has 1 aliphatic heterocycles. The zero-order chi connectivity index (χ0) is 9.97. The highest BCUT2D eigenvalue weighted by Gasteiger charge is 2.17. The van der Waals surface area contributed by atoms with Crippen molar-refractivity contribution in [3.05, 3.63) is 29.8 Å². The van der Waals surface area contributed by atoms with E-state index in [4.69, 9.17) is 0 Å². The van der Waals surface area contributed by atoms with Crippen molar-refractivity contribution in [1.82, 2.24) is 0 Å². The Morgan fingerprint density at radius 1 is 1.27 bits per heavy atom. The molecule has 2 nitrogen and oxygen atoms in total. The lowest BCUT2D eigenvalue weighted by atomic mass is 10.2. The number of halogens is 1. The second kappa shape index (κ2) is 5.49. The fraction of sp³-hybridized carbons (Fsp3) is 0.417. The summed E-state index contributed by atoms with van der Waals surface area (Å²) in [4.78, 5) is 2.33. The largest absolute Gasteiger partial charge is 1.00 e. The topological polar surface area (TPSA) is 6.25 Å². The maximum absolute atomic E-state index is 2.33. The molecule has 1 aromatic carbocycles. The quantitative estimate of drug-likeness (QED) is 0.470. The Kier molecular flexibility index (Phi) is 4.57. The molecule has 15 heavy (non-hydrogen) atoms. The van der Waals surface area contributed by atoms with Crippen LogP contribution in [0.2, 0.25) is 0 Å². The summed E-state index contributed by atoms with van der Waals surface area (Å²) in [7, 11) is 2.13. The molecule has 0 N–H and O–H groups in total. The van der Waals surface area contributed by atoms with Crippen molar-refractivity contribution in [3.8, 4) is 0 Å². The number of aryl methyl sites for hydroxylation is 1. The van der Waals surface area contributed by atoms with Crippen molar-refractivity contribution < 1.29 is 28.6 Å². The molecule has 0 radical (unpaired) electrons. The van der Waals surface area contributed by atoms with Crippen LogP contribution >= 0.6 is 0 Å². The number of hydrogen-bond acceptors (Lipinski definition) is 1. The summed E-state index contributed by atoms with van der Waals surface area (Å²) in [6.07, 6.45) is 3.44. The van der Waals surface area contributed by atoms with Gasteiger partial charge in [-0.05, 0) is 18.6 Å². The molecule has 0 aromatic heterocycles. The number of nitrogens with zero attached hydrogens (tertiary/aromatic N) is 2. The van der Waals surface area contributed by atoms with Crippen molar-refractivity contribution >= 4 is 12.0 Å². The van der Waals surface area contributed by atoms with Gasteiger partial charge in [0.2, 0.25) is 6.34 Å². The summed E-state index contributed by atoms with van der Waals surface area (Å²) in [6, 6.07) is 8.54. The van der Waals surface area contributed by atoms with Gasteiger partial charge in [0.25, 0.3) is 0 Å². The number of benzene rings is 1. The molecule has 3 heteroatoms. The number of para-hydroxylation sites is 1. The molecule has 0 unspecified atom stereocenters. The molecule has 0 saturated carbocycles. The van der Waals surface area contributed by atoms with E-state index in [1.54, 1.807) is 0 Å². The van der Waals surface area contributed by atoms with Crippen LogP contribution in [0.3, 0.4) is 0 Å². The van der Waals surface area contributed by atoms with Crippen molar-refractivity contribution in [2.45, 2.75) is 13.3 Å². The van der Waals surface area contributed by atoms with E-state index in [1.807, 2.05) is 0 Å². The second-order valence-electron chi connectivity index (χ2n) is 3.93. The smallest absolute Gasteiger partial charge is 0.239 e. The molecule has 2 rings (SSSR count). The highest BCUT2D eigenvalue weighted by molar-refractivity contribution is 5.77. The van der Waals surface area contributed by atoms with Crippen molar-refractivity contribution in [2.24, 2.45) is 0 Å². The van der Waals surface area contributed by atoms with Crippen molar-refractivity contribution in [3.63, 3.8) is 0 Å². The standard InChI is InChI=1S/C12H17N2.HI/c1-11-6-3-4-7-12(11)14-9-5-8-13(2)10-14;/h3-4,6-7,10H,5,8-9H2,1-2H3;1H/q+1;/p-1. The van der Waals surface area contributed by atoms with E-state index >= 15 is 0 Å². The number of hydrogen-bond donors (Lipinski definition) is 0. The molecule has 0 atom stereocenters. The molecule has 0 bridgehead atoms. The summed E-state index contributed by atoms with van der Waals surface area (Å²) >= 11 is 0. The highest BCUT2D eigenvalue weighted by Crippen LogP contribution is 2.19. The Bertz CT molecular complexity index is 360. The Hall–Kier alpha value is -0.580. The Balaban J connectivity index is 0.00000112. The summed E-state index contributed by atoms with van der Waals surface area (Å²) in [6.45, 7) is 4.47. The van der Waals surface area contributed by atoms with Crippen molar-refractivity contribution in [2.75, 3.05) is 25.0 Å². The van der Waals surface area contributed by atoms with Gasteiger partial charge < -0.3 is 24.0 Å². The molecular formula is C12H17IN2. The minimum atomic E-state index is 0. The minimum Gasteiger partial charge on any atom is -1.00 e. The van der Waals surface area contributed by atoms with Gasteiger partial charge in [-0.3, -0.25) is 4.58 Å². The van der Waals surface area contributed by atoms with Crippen LogP contribution in [-0.2, 0) is 0 Å². The summed E-state index contributed by atoms with van der Waals surface area (Å²) in [5.41, 5.74) is 2.68. The van der Waals surface area contributed by atoms with E-state index in [9.17, 15) is 0 Å². The van der Waals surface area contributed by atoms with E-state index in [0.29, 0.717) is 0 Å². The van der Waals surface area contributed by atoms with E-state index in [1.165, 1.54) is 24.2 Å². The molecule has 1 heterocycles. The molecule has 0 amide bonds. The molecule has 82 valence electrons. The zero-order valence-electron chi connectivity index (χ0n) is 9.28. The maximum Gasteiger partial charge on any atom is 0.239 e. The molecule has 0 aliphatic carbocycles. The van der Waals surface area contributed by atoms with Gasteiger partial charge in [-0.2, -0.15) is 0 Å². The fourth-order valence-corrected chi connectivity index (χ4v) is 1.91. The summed E-state index contributed by atoms with van der Waals surface area (Å²) in [5.74, 6) is 0. The van der Waals surface area contributed by atoms with Gasteiger partial charge in [-0.1, -0.05) is 18.2 Å². The molecular weight excluding hydrogens is 299 g/mol. The number of anilines is 1. The van der Waals surface area contributed by atoms with Gasteiger partial charge in [0, 0.05) is 6.42 Å². The van der Waals surface area contributed by atoms with Gasteiger partial charge in [0.05, 0.1) is 20.1 Å². The third-order valence-electron chi connectivity index (χ3n) is 2.67. The van der Waals surface area contributed by atoms with E-state index < -0.39 is 0 Å². The van der Waals surface area contributed by atoms with Crippen LogP contribution in [0, 0.1) is 6.92 Å². The third kappa shape index (κ3) is 2.93. The molecule has 1 aromatic rings. The van der Waals surface area contributed by atoms with Crippen molar-refractivity contribution in [1.29, 1.82) is 0 Å². The van der Waals surface area contributed by atoms with E-state index in [0.717, 1.165) is 6.54 Å². The van der Waals surface area contributed by atoms with Crippen LogP contribution in [0.25, 0.3) is 0 Å². The average Bonchev–Trinajstić information content (AvgIpc) is 2.18. The lowest BCUT2D eigenvalue weighted by molar-refractivity contribution is -0.496. The molecule has 0 fully saturated rings. The van der Waals surface area contributed by atoms with Crippen LogP contribution in [0.5, 0.6) is 0 Å². The highest BCUT2D eigenvalue weighted by atomic mass is 127. The normalized spacial score (nSPS) is 15.6. The van der Waals surface area contributed by atoms with Gasteiger partial charge in [-0.25, -0.2) is 4.90 Å². The zero-order valence-corrected chi connectivity index (χ0v) is 11.4. The second-order valence-corrected chi connectivity index (χ2v) is 3.93. The Labute approximate surface area is 109 Å². The first-order chi connectivity index (χ1) is 6.77. The first-order valence-electron chi connectivity index (χ1n) is 5.15. The Morgan fingerprint density at radius 3 is 2.67 bits per heavy atom. The lowest BCUT2D eigenvalue weighted by Crippen LogP contribution is -3.00. The minimum absolute atomic E-state index is 0. The lowest BCUT2D eigenvalue weighted by Gasteiger charge is -2.19. The van der Waals surface area contributed by atoms with Crippen LogP contribution in [0.1, 0.15) is 12.0 Å². The fourth-order valence-electron chi connectivity index (χ4n) is 1.91. The Morgan fingerprint density at radius 2 is 2.00 bits per heavy atom. The van der Waals surface area contributed by atoms with Crippen LogP contribution in [-0.4, -0.2) is 31.1 Å². The monoisotopic (exact) mass is 316 g/mol. The summed E-state index contributed by atoms with van der Waals surface area (Å²) < 4.78 is 2.25. The molecule has 0 spiro atoms. The van der Waals surface area contributed by atoms with Crippen LogP contribution in [0.4, 0.5) is 5.69 Å². The first-order valence-corrected chi connectivity index (χ1v) is 5.15. The average molecular weight is 316 g/mol. The van der Waals surface area contributed by atoms with E-state index in [-0.39, 0.29) is 24.0 Å². The predicted octanol–water partition coefficient (Wildman–Crippen LogP) is -1.12. The molecule has 0 saturated heterocycles. The number of rotatable bonds is 1. The van der Waals surface area contributed by atoms with Gasteiger partial charge in [0.15, 0.2) is 0 Å². The molecule has 1 aliphatic rings. The SMILES string of the molecule is Cc1ccccc1N1C=[N+](C)CCC1.[I-]. The third-order valence-corrected chi connectivity index (χ3v) is 2.67.